The monoisotopic (exact) mass is 260 g/mol. The molecule has 1 N–H and O–H groups in total. The van der Waals surface area contributed by atoms with Gasteiger partial charge in [0.15, 0.2) is 0 Å². The predicted molar refractivity (Wildman–Crippen MR) is 79.0 cm³/mol. The first kappa shape index (κ1) is 12.8. The molecule has 0 unspecified atom stereocenters. The highest BCUT2D eigenvalue weighted by atomic mass is 16.5. The van der Waals surface area contributed by atoms with Crippen LogP contribution in [0.15, 0.2) is 24.3 Å². The summed E-state index contributed by atoms with van der Waals surface area (Å²) < 4.78 is 6.24. The van der Waals surface area contributed by atoms with E-state index in [0.717, 1.165) is 31.9 Å². The minimum atomic E-state index is 0.436. The second-order valence-corrected chi connectivity index (χ2v) is 5.58. The van der Waals surface area contributed by atoms with Crippen LogP contribution in [0, 0.1) is 0 Å². The van der Waals surface area contributed by atoms with E-state index in [1.54, 1.807) is 0 Å². The van der Waals surface area contributed by atoms with Gasteiger partial charge in [0.25, 0.3) is 0 Å². The van der Waals surface area contributed by atoms with Crippen LogP contribution in [-0.4, -0.2) is 32.3 Å². The number of anilines is 1. The first-order valence-electron chi connectivity index (χ1n) is 7.65. The molecule has 3 nitrogen and oxygen atoms in total. The first-order valence-corrected chi connectivity index (χ1v) is 7.65. The highest BCUT2D eigenvalue weighted by molar-refractivity contribution is 5.58. The van der Waals surface area contributed by atoms with E-state index in [4.69, 9.17) is 4.74 Å². The van der Waals surface area contributed by atoms with Crippen molar-refractivity contribution in [2.24, 2.45) is 0 Å². The van der Waals surface area contributed by atoms with Crippen LogP contribution in [0.3, 0.4) is 0 Å². The highest BCUT2D eigenvalue weighted by Crippen LogP contribution is 2.32. The Morgan fingerprint density at radius 1 is 1.00 bits per heavy atom. The molecule has 0 amide bonds. The van der Waals surface area contributed by atoms with Gasteiger partial charge >= 0.3 is 0 Å². The molecule has 0 bridgehead atoms. The van der Waals surface area contributed by atoms with Crippen molar-refractivity contribution in [2.75, 3.05) is 31.1 Å². The molecule has 19 heavy (non-hydrogen) atoms. The zero-order chi connectivity index (χ0) is 12.9. The SMILES string of the molecule is c1ccc(N2CCCNCC2)c(OC2CCCC2)c1. The van der Waals surface area contributed by atoms with E-state index in [0.29, 0.717) is 6.10 Å². The lowest BCUT2D eigenvalue weighted by Gasteiger charge is -2.26. The summed E-state index contributed by atoms with van der Waals surface area (Å²) in [5.41, 5.74) is 1.28. The van der Waals surface area contributed by atoms with Crippen LogP contribution in [0.1, 0.15) is 32.1 Å². The van der Waals surface area contributed by atoms with Crippen LogP contribution in [0.5, 0.6) is 5.75 Å². The third-order valence-corrected chi connectivity index (χ3v) is 4.14. The number of ether oxygens (including phenoxy) is 1. The summed E-state index contributed by atoms with van der Waals surface area (Å²) >= 11 is 0. The van der Waals surface area contributed by atoms with Crippen LogP contribution in [0.4, 0.5) is 5.69 Å². The summed E-state index contributed by atoms with van der Waals surface area (Å²) in [7, 11) is 0. The minimum absolute atomic E-state index is 0.436. The maximum Gasteiger partial charge on any atom is 0.143 e. The number of benzene rings is 1. The zero-order valence-corrected chi connectivity index (χ0v) is 11.6. The largest absolute Gasteiger partial charge is 0.488 e. The van der Waals surface area contributed by atoms with Gasteiger partial charge in [0, 0.05) is 19.6 Å². The summed E-state index contributed by atoms with van der Waals surface area (Å²) in [6.07, 6.45) is 6.72. The molecule has 1 aliphatic heterocycles. The maximum absolute atomic E-state index is 6.24. The number of hydrogen-bond acceptors (Lipinski definition) is 3. The molecule has 2 aliphatic rings. The molecule has 104 valence electrons. The summed E-state index contributed by atoms with van der Waals surface area (Å²) in [5, 5.41) is 3.46. The lowest BCUT2D eigenvalue weighted by Crippen LogP contribution is -2.28. The van der Waals surface area contributed by atoms with Crippen LogP contribution in [-0.2, 0) is 0 Å². The summed E-state index contributed by atoms with van der Waals surface area (Å²) in [6, 6.07) is 8.54. The van der Waals surface area contributed by atoms with Crippen LogP contribution >= 0.6 is 0 Å². The third-order valence-electron chi connectivity index (χ3n) is 4.14. The standard InChI is InChI=1S/C16H24N2O/c1-2-7-14(6-1)19-16-9-4-3-8-15(16)18-12-5-10-17-11-13-18/h3-4,8-9,14,17H,1-2,5-7,10-13H2. The summed E-state index contributed by atoms with van der Waals surface area (Å²) in [6.45, 7) is 4.39. The molecule has 2 fully saturated rings. The molecule has 0 aromatic heterocycles. The molecule has 1 saturated heterocycles. The molecule has 3 heteroatoms. The molecule has 1 heterocycles. The van der Waals surface area contributed by atoms with E-state index < -0.39 is 0 Å². The fraction of sp³-hybridized carbons (Fsp3) is 0.625. The fourth-order valence-electron chi connectivity index (χ4n) is 3.09. The van der Waals surface area contributed by atoms with E-state index in [1.807, 2.05) is 0 Å². The second kappa shape index (κ2) is 6.29. The number of para-hydroxylation sites is 2. The molecular formula is C16H24N2O. The molecule has 3 rings (SSSR count). The normalized spacial score (nSPS) is 21.4. The number of nitrogens with one attached hydrogen (secondary N) is 1. The molecule has 0 spiro atoms. The topological polar surface area (TPSA) is 24.5 Å². The summed E-state index contributed by atoms with van der Waals surface area (Å²) in [4.78, 5) is 2.46. The molecule has 1 saturated carbocycles. The Labute approximate surface area is 115 Å². The molecule has 0 radical (unpaired) electrons. The Bertz CT molecular complexity index is 393. The van der Waals surface area contributed by atoms with Crippen molar-refractivity contribution in [3.05, 3.63) is 24.3 Å². The number of rotatable bonds is 3. The van der Waals surface area contributed by atoms with Gasteiger partial charge in [-0.05, 0) is 50.8 Å². The van der Waals surface area contributed by atoms with Gasteiger partial charge in [0.05, 0.1) is 11.8 Å². The average molecular weight is 260 g/mol. The van der Waals surface area contributed by atoms with Gasteiger partial charge in [-0.1, -0.05) is 12.1 Å². The van der Waals surface area contributed by atoms with Gasteiger partial charge in [-0.15, -0.1) is 0 Å². The Morgan fingerprint density at radius 2 is 1.84 bits per heavy atom. The van der Waals surface area contributed by atoms with Crippen molar-refractivity contribution in [3.63, 3.8) is 0 Å². The predicted octanol–water partition coefficient (Wildman–Crippen LogP) is 2.81. The van der Waals surface area contributed by atoms with E-state index in [2.05, 4.69) is 34.5 Å². The van der Waals surface area contributed by atoms with Gasteiger partial charge in [-0.25, -0.2) is 0 Å². The molecule has 1 aromatic rings. The molecular weight excluding hydrogens is 236 g/mol. The molecule has 0 atom stereocenters. The van der Waals surface area contributed by atoms with Crippen LogP contribution < -0.4 is 15.0 Å². The zero-order valence-electron chi connectivity index (χ0n) is 11.6. The van der Waals surface area contributed by atoms with Gasteiger partial charge in [0.1, 0.15) is 5.75 Å². The van der Waals surface area contributed by atoms with Crippen molar-refractivity contribution in [1.29, 1.82) is 0 Å². The van der Waals surface area contributed by atoms with Gasteiger partial charge < -0.3 is 15.0 Å². The van der Waals surface area contributed by atoms with Crippen molar-refractivity contribution in [2.45, 2.75) is 38.2 Å². The summed E-state index contributed by atoms with van der Waals surface area (Å²) in [5.74, 6) is 1.08. The molecule has 1 aromatic carbocycles. The number of nitrogens with zero attached hydrogens (tertiary/aromatic N) is 1. The first-order chi connectivity index (χ1) is 9.43. The van der Waals surface area contributed by atoms with Crippen molar-refractivity contribution in [3.8, 4) is 5.75 Å². The minimum Gasteiger partial charge on any atom is -0.488 e. The fourth-order valence-corrected chi connectivity index (χ4v) is 3.09. The second-order valence-electron chi connectivity index (χ2n) is 5.58. The van der Waals surface area contributed by atoms with Crippen LogP contribution in [0.2, 0.25) is 0 Å². The van der Waals surface area contributed by atoms with E-state index >= 15 is 0 Å². The van der Waals surface area contributed by atoms with Crippen molar-refractivity contribution < 1.29 is 4.74 Å². The highest BCUT2D eigenvalue weighted by Gasteiger charge is 2.20. The Hall–Kier alpha value is -1.22. The quantitative estimate of drug-likeness (QED) is 0.904. The van der Waals surface area contributed by atoms with Gasteiger partial charge in [-0.2, -0.15) is 0 Å². The van der Waals surface area contributed by atoms with Gasteiger partial charge in [-0.3, -0.25) is 0 Å². The van der Waals surface area contributed by atoms with Crippen molar-refractivity contribution >= 4 is 5.69 Å². The lowest BCUT2D eigenvalue weighted by molar-refractivity contribution is 0.210. The smallest absolute Gasteiger partial charge is 0.143 e. The Morgan fingerprint density at radius 3 is 2.74 bits per heavy atom. The lowest BCUT2D eigenvalue weighted by atomic mass is 10.2. The third kappa shape index (κ3) is 3.21. The average Bonchev–Trinajstić information content (AvgIpc) is 2.80. The number of hydrogen-bond donors (Lipinski definition) is 1. The van der Waals surface area contributed by atoms with E-state index in [-0.39, 0.29) is 0 Å². The van der Waals surface area contributed by atoms with Gasteiger partial charge in [0.2, 0.25) is 0 Å². The Kier molecular flexibility index (Phi) is 4.23. The van der Waals surface area contributed by atoms with Crippen LogP contribution in [0.25, 0.3) is 0 Å². The van der Waals surface area contributed by atoms with E-state index in [1.165, 1.54) is 37.8 Å². The molecule has 1 aliphatic carbocycles. The van der Waals surface area contributed by atoms with E-state index in [9.17, 15) is 0 Å². The Balaban J connectivity index is 1.75. The van der Waals surface area contributed by atoms with Crippen molar-refractivity contribution in [1.82, 2.24) is 5.32 Å². The maximum atomic E-state index is 6.24.